The SMILES string of the molecule is CC(C)(C)c1cc(-c2nc3ccccc3c3ccoc23)[c-]c2ccccc12.O=C(/C=C(\O)C1CCCCC1)C1CCCCC1.[Ir]. The molecule has 0 amide bonds. The van der Waals surface area contributed by atoms with Crippen LogP contribution in [-0.4, -0.2) is 15.9 Å². The molecule has 2 saturated carbocycles. The number of furan rings is 1. The molecular formula is C40H44IrNO3-. The molecule has 0 bridgehead atoms. The number of carbonyl (C=O) groups is 1. The molecule has 4 nitrogen and oxygen atoms in total. The molecule has 1 radical (unpaired) electrons. The van der Waals surface area contributed by atoms with Gasteiger partial charge in [0.2, 0.25) is 0 Å². The first kappa shape index (κ1) is 33.1. The molecule has 0 unspecified atom stereocenters. The van der Waals surface area contributed by atoms with Gasteiger partial charge in [0.05, 0.1) is 17.5 Å². The van der Waals surface area contributed by atoms with Crippen LogP contribution in [0, 0.1) is 17.9 Å². The molecule has 0 saturated heterocycles. The van der Waals surface area contributed by atoms with Gasteiger partial charge in [-0.15, -0.1) is 29.1 Å². The van der Waals surface area contributed by atoms with Crippen molar-refractivity contribution in [1.82, 2.24) is 4.98 Å². The first-order valence-electron chi connectivity index (χ1n) is 16.5. The van der Waals surface area contributed by atoms with E-state index in [0.29, 0.717) is 5.76 Å². The fourth-order valence-corrected chi connectivity index (χ4v) is 7.00. The predicted octanol–water partition coefficient (Wildman–Crippen LogP) is 11.1. The number of carbonyl (C=O) groups excluding carboxylic acids is 1. The van der Waals surface area contributed by atoms with Crippen molar-refractivity contribution in [2.24, 2.45) is 11.8 Å². The van der Waals surface area contributed by atoms with Crippen LogP contribution in [0.1, 0.15) is 90.5 Å². The van der Waals surface area contributed by atoms with Gasteiger partial charge < -0.3 is 9.52 Å². The molecule has 5 aromatic rings. The Morgan fingerprint density at radius 3 is 2.16 bits per heavy atom. The maximum absolute atomic E-state index is 12.0. The number of ketones is 1. The van der Waals surface area contributed by atoms with Crippen LogP contribution in [0.5, 0.6) is 0 Å². The van der Waals surface area contributed by atoms with E-state index in [4.69, 9.17) is 9.40 Å². The molecule has 7 rings (SSSR count). The minimum Gasteiger partial charge on any atom is -0.512 e. The number of allylic oxidation sites excluding steroid dienone is 2. The van der Waals surface area contributed by atoms with Crippen LogP contribution in [-0.2, 0) is 30.3 Å². The molecule has 237 valence electrons. The summed E-state index contributed by atoms with van der Waals surface area (Å²) < 4.78 is 5.87. The zero-order chi connectivity index (χ0) is 30.7. The van der Waals surface area contributed by atoms with E-state index in [-0.39, 0.29) is 43.1 Å². The van der Waals surface area contributed by atoms with E-state index < -0.39 is 0 Å². The van der Waals surface area contributed by atoms with Crippen molar-refractivity contribution in [2.45, 2.75) is 90.4 Å². The van der Waals surface area contributed by atoms with Crippen LogP contribution in [0.3, 0.4) is 0 Å². The van der Waals surface area contributed by atoms with E-state index in [1.165, 1.54) is 49.5 Å². The standard InChI is InChI=1S/C25H20NO.C15H24O2.Ir/c1-25(2,3)21-15-17(14-16-8-4-5-9-18(16)21)23-24-20(12-13-27-24)19-10-6-7-11-22(19)26-23;16-14(12-7-3-1-4-8-12)11-15(17)13-9-5-2-6-10-13;/h4-13,15H,1-3H3;11-13,16H,1-10H2;/q-1;;/b;14-11-;. The van der Waals surface area contributed by atoms with Crippen molar-refractivity contribution in [1.29, 1.82) is 0 Å². The summed E-state index contributed by atoms with van der Waals surface area (Å²) in [5.74, 6) is 0.985. The summed E-state index contributed by atoms with van der Waals surface area (Å²) in [7, 11) is 0. The number of aromatic nitrogens is 1. The van der Waals surface area contributed by atoms with Gasteiger partial charge in [0.15, 0.2) is 5.78 Å². The fraction of sp³-hybridized carbons (Fsp3) is 0.400. The Bertz CT molecular complexity index is 1800. The monoisotopic (exact) mass is 779 g/mol. The van der Waals surface area contributed by atoms with Gasteiger partial charge >= 0.3 is 0 Å². The van der Waals surface area contributed by atoms with Crippen LogP contribution < -0.4 is 0 Å². The van der Waals surface area contributed by atoms with Gasteiger partial charge in [-0.2, -0.15) is 0 Å². The number of para-hydroxylation sites is 1. The smallest absolute Gasteiger partial charge is 0.162 e. The third kappa shape index (κ3) is 7.42. The maximum Gasteiger partial charge on any atom is 0.162 e. The van der Waals surface area contributed by atoms with E-state index in [9.17, 15) is 9.90 Å². The number of nitrogens with zero attached hydrogens (tertiary/aromatic N) is 1. The number of aliphatic hydroxyl groups is 1. The van der Waals surface area contributed by atoms with Crippen molar-refractivity contribution in [3.63, 3.8) is 0 Å². The topological polar surface area (TPSA) is 63.3 Å². The van der Waals surface area contributed by atoms with Crippen LogP contribution in [0.2, 0.25) is 0 Å². The Hall–Kier alpha value is -3.27. The Morgan fingerprint density at radius 2 is 1.47 bits per heavy atom. The van der Waals surface area contributed by atoms with Crippen molar-refractivity contribution in [2.75, 3.05) is 0 Å². The van der Waals surface area contributed by atoms with E-state index in [2.05, 4.69) is 69.3 Å². The second-order valence-electron chi connectivity index (χ2n) is 13.7. The van der Waals surface area contributed by atoms with E-state index in [1.807, 2.05) is 18.2 Å². The maximum atomic E-state index is 12.0. The van der Waals surface area contributed by atoms with Gasteiger partial charge in [0.25, 0.3) is 0 Å². The summed E-state index contributed by atoms with van der Waals surface area (Å²) in [4.78, 5) is 17.0. The zero-order valence-electron chi connectivity index (χ0n) is 26.7. The van der Waals surface area contributed by atoms with Crippen molar-refractivity contribution in [3.8, 4) is 11.3 Å². The molecule has 0 spiro atoms. The number of hydrogen-bond acceptors (Lipinski definition) is 4. The molecule has 2 aromatic heterocycles. The summed E-state index contributed by atoms with van der Waals surface area (Å²) in [5.41, 5.74) is 4.93. The second kappa shape index (κ2) is 14.4. The van der Waals surface area contributed by atoms with Gasteiger partial charge in [-0.3, -0.25) is 9.78 Å². The van der Waals surface area contributed by atoms with Crippen LogP contribution in [0.4, 0.5) is 0 Å². The largest absolute Gasteiger partial charge is 0.512 e. The molecule has 3 aromatic carbocycles. The molecule has 45 heavy (non-hydrogen) atoms. The minimum atomic E-state index is 0. The minimum absolute atomic E-state index is 0. The average molecular weight is 779 g/mol. The first-order chi connectivity index (χ1) is 21.3. The first-order valence-corrected chi connectivity index (χ1v) is 16.5. The molecule has 2 fully saturated rings. The molecule has 2 heterocycles. The second-order valence-corrected chi connectivity index (χ2v) is 13.7. The predicted molar refractivity (Wildman–Crippen MR) is 181 cm³/mol. The number of fused-ring (bicyclic) bond motifs is 4. The number of hydrogen-bond donors (Lipinski definition) is 1. The van der Waals surface area contributed by atoms with E-state index in [0.717, 1.165) is 64.2 Å². The van der Waals surface area contributed by atoms with Crippen LogP contribution in [0.25, 0.3) is 43.9 Å². The summed E-state index contributed by atoms with van der Waals surface area (Å²) in [6.45, 7) is 6.73. The molecule has 5 heteroatoms. The third-order valence-corrected chi connectivity index (χ3v) is 9.47. The summed E-state index contributed by atoms with van der Waals surface area (Å²) in [5, 5.41) is 14.6. The summed E-state index contributed by atoms with van der Waals surface area (Å²) >= 11 is 0. The molecular weight excluding hydrogens is 735 g/mol. The van der Waals surface area contributed by atoms with Gasteiger partial charge in [-0.25, -0.2) is 0 Å². The Morgan fingerprint density at radius 1 is 0.844 bits per heavy atom. The van der Waals surface area contributed by atoms with Gasteiger partial charge in [0.1, 0.15) is 5.58 Å². The Labute approximate surface area is 280 Å². The third-order valence-electron chi connectivity index (χ3n) is 9.47. The number of aliphatic hydroxyl groups excluding tert-OH is 1. The Kier molecular flexibility index (Phi) is 10.6. The van der Waals surface area contributed by atoms with Gasteiger partial charge in [0, 0.05) is 54.5 Å². The molecule has 0 atom stereocenters. The molecule has 2 aliphatic rings. The zero-order valence-corrected chi connectivity index (χ0v) is 29.1. The summed E-state index contributed by atoms with van der Waals surface area (Å²) in [6.07, 6.45) is 14.7. The molecule has 1 N–H and O–H groups in total. The fourth-order valence-electron chi connectivity index (χ4n) is 7.00. The van der Waals surface area contributed by atoms with Gasteiger partial charge in [-0.1, -0.05) is 107 Å². The number of rotatable bonds is 4. The van der Waals surface area contributed by atoms with Crippen LogP contribution >= 0.6 is 0 Å². The van der Waals surface area contributed by atoms with E-state index in [1.54, 1.807) is 12.3 Å². The molecule has 2 aliphatic carbocycles. The van der Waals surface area contributed by atoms with Crippen molar-refractivity contribution in [3.05, 3.63) is 90.4 Å². The summed E-state index contributed by atoms with van der Waals surface area (Å²) in [6, 6.07) is 24.5. The molecule has 0 aliphatic heterocycles. The quantitative estimate of drug-likeness (QED) is 0.112. The number of pyridine rings is 1. The van der Waals surface area contributed by atoms with E-state index >= 15 is 0 Å². The van der Waals surface area contributed by atoms with Crippen molar-refractivity contribution >= 4 is 38.4 Å². The average Bonchev–Trinajstić information content (AvgIpc) is 3.55. The normalized spacial score (nSPS) is 16.7. The van der Waals surface area contributed by atoms with Crippen LogP contribution in [0.15, 0.2) is 83.2 Å². The van der Waals surface area contributed by atoms with Gasteiger partial charge in [-0.05, 0) is 43.2 Å². The van der Waals surface area contributed by atoms with Crippen molar-refractivity contribution < 1.29 is 34.4 Å². The Balaban J connectivity index is 0.000000193. The number of benzene rings is 3.